The zero-order valence-corrected chi connectivity index (χ0v) is 14.2. The number of ether oxygens (including phenoxy) is 1. The SMILES string of the molecule is CCn1c(=O)c(I)cn1COCC[Si](C)(C)C. The minimum atomic E-state index is -1.03. The third kappa shape index (κ3) is 4.59. The molecule has 0 amide bonds. The first-order chi connectivity index (χ1) is 7.85. The highest BCUT2D eigenvalue weighted by Crippen LogP contribution is 2.08. The van der Waals surface area contributed by atoms with Crippen molar-refractivity contribution in [2.24, 2.45) is 0 Å². The van der Waals surface area contributed by atoms with Gasteiger partial charge in [-0.15, -0.1) is 0 Å². The maximum absolute atomic E-state index is 11.7. The molecule has 17 heavy (non-hydrogen) atoms. The molecule has 0 atom stereocenters. The van der Waals surface area contributed by atoms with E-state index in [4.69, 9.17) is 4.74 Å². The van der Waals surface area contributed by atoms with Gasteiger partial charge in [0.15, 0.2) is 0 Å². The normalized spacial score (nSPS) is 12.1. The summed E-state index contributed by atoms with van der Waals surface area (Å²) in [6.07, 6.45) is 1.85. The van der Waals surface area contributed by atoms with Crippen molar-refractivity contribution >= 4 is 30.7 Å². The van der Waals surface area contributed by atoms with Crippen molar-refractivity contribution in [2.45, 2.75) is 45.9 Å². The zero-order valence-electron chi connectivity index (χ0n) is 11.0. The van der Waals surface area contributed by atoms with E-state index in [1.165, 1.54) is 0 Å². The molecular formula is C11H21IN2O2Si. The van der Waals surface area contributed by atoms with E-state index in [1.54, 1.807) is 4.68 Å². The number of aromatic nitrogens is 2. The molecule has 0 fully saturated rings. The monoisotopic (exact) mass is 368 g/mol. The second-order valence-corrected chi connectivity index (χ2v) is 12.1. The van der Waals surface area contributed by atoms with Crippen molar-refractivity contribution in [3.05, 3.63) is 20.1 Å². The topological polar surface area (TPSA) is 36.2 Å². The Labute approximate surface area is 117 Å². The highest BCUT2D eigenvalue weighted by atomic mass is 127. The van der Waals surface area contributed by atoms with E-state index in [1.807, 2.05) is 17.8 Å². The molecule has 0 radical (unpaired) electrons. The lowest BCUT2D eigenvalue weighted by atomic mass is 10.7. The predicted molar refractivity (Wildman–Crippen MR) is 81.2 cm³/mol. The maximum atomic E-state index is 11.7. The average Bonchev–Trinajstić information content (AvgIpc) is 2.48. The van der Waals surface area contributed by atoms with Crippen LogP contribution in [0, 0.1) is 3.57 Å². The van der Waals surface area contributed by atoms with Gasteiger partial charge in [-0.1, -0.05) is 19.6 Å². The van der Waals surface area contributed by atoms with Crippen molar-refractivity contribution in [2.75, 3.05) is 6.61 Å². The van der Waals surface area contributed by atoms with E-state index in [0.717, 1.165) is 16.2 Å². The second kappa shape index (κ2) is 6.19. The maximum Gasteiger partial charge on any atom is 0.280 e. The Morgan fingerprint density at radius 2 is 2.06 bits per heavy atom. The molecule has 98 valence electrons. The molecule has 1 heterocycles. The molecule has 0 aliphatic carbocycles. The van der Waals surface area contributed by atoms with Crippen LogP contribution in [0.4, 0.5) is 0 Å². The summed E-state index contributed by atoms with van der Waals surface area (Å²) < 4.78 is 9.95. The summed E-state index contributed by atoms with van der Waals surface area (Å²) in [5.41, 5.74) is 0.0712. The van der Waals surface area contributed by atoms with Gasteiger partial charge < -0.3 is 4.74 Å². The Balaban J connectivity index is 2.53. The predicted octanol–water partition coefficient (Wildman–Crippen LogP) is 2.59. The van der Waals surface area contributed by atoms with Gasteiger partial charge in [0.2, 0.25) is 0 Å². The number of hydrogen-bond donors (Lipinski definition) is 0. The second-order valence-electron chi connectivity index (χ2n) is 5.29. The fourth-order valence-electron chi connectivity index (χ4n) is 1.46. The summed E-state index contributed by atoms with van der Waals surface area (Å²) in [7, 11) is -1.03. The van der Waals surface area contributed by atoms with E-state index >= 15 is 0 Å². The van der Waals surface area contributed by atoms with Crippen LogP contribution in [0.15, 0.2) is 11.0 Å². The minimum Gasteiger partial charge on any atom is -0.360 e. The largest absolute Gasteiger partial charge is 0.360 e. The van der Waals surface area contributed by atoms with Gasteiger partial charge in [-0.2, -0.15) is 0 Å². The number of halogens is 1. The molecule has 4 nitrogen and oxygen atoms in total. The first kappa shape index (κ1) is 15.0. The van der Waals surface area contributed by atoms with Crippen LogP contribution in [0.3, 0.4) is 0 Å². The summed E-state index contributed by atoms with van der Waals surface area (Å²) >= 11 is 2.07. The smallest absolute Gasteiger partial charge is 0.280 e. The molecule has 6 heteroatoms. The molecule has 0 aliphatic heterocycles. The average molecular weight is 368 g/mol. The van der Waals surface area contributed by atoms with Gasteiger partial charge in [0, 0.05) is 27.4 Å². The summed E-state index contributed by atoms with van der Waals surface area (Å²) in [6.45, 7) is 10.9. The fourth-order valence-corrected chi connectivity index (χ4v) is 2.82. The molecule has 0 spiro atoms. The van der Waals surface area contributed by atoms with Crippen LogP contribution in [-0.2, 0) is 18.0 Å². The molecule has 1 rings (SSSR count). The van der Waals surface area contributed by atoms with Crippen molar-refractivity contribution in [1.82, 2.24) is 9.36 Å². The van der Waals surface area contributed by atoms with Crippen LogP contribution in [0.2, 0.25) is 25.7 Å². The molecule has 0 aromatic carbocycles. The minimum absolute atomic E-state index is 0.0712. The van der Waals surface area contributed by atoms with Gasteiger partial charge in [-0.25, -0.2) is 4.68 Å². The van der Waals surface area contributed by atoms with Gasteiger partial charge in [-0.3, -0.25) is 9.48 Å². The highest BCUT2D eigenvalue weighted by Gasteiger charge is 2.12. The molecule has 1 aromatic rings. The van der Waals surface area contributed by atoms with Crippen molar-refractivity contribution in [3.8, 4) is 0 Å². The van der Waals surface area contributed by atoms with E-state index < -0.39 is 8.07 Å². The van der Waals surface area contributed by atoms with Crippen LogP contribution in [0.5, 0.6) is 0 Å². The van der Waals surface area contributed by atoms with Crippen molar-refractivity contribution in [1.29, 1.82) is 0 Å². The lowest BCUT2D eigenvalue weighted by molar-refractivity contribution is 0.0683. The molecule has 1 aromatic heterocycles. The molecule has 0 saturated heterocycles. The molecule has 0 aliphatic rings. The van der Waals surface area contributed by atoms with Crippen LogP contribution in [-0.4, -0.2) is 24.0 Å². The van der Waals surface area contributed by atoms with Gasteiger partial charge in [-0.05, 0) is 35.6 Å². The molecule has 0 N–H and O–H groups in total. The van der Waals surface area contributed by atoms with Gasteiger partial charge in [0.25, 0.3) is 5.56 Å². The Kier molecular flexibility index (Phi) is 5.45. The summed E-state index contributed by atoms with van der Waals surface area (Å²) in [4.78, 5) is 11.7. The van der Waals surface area contributed by atoms with E-state index in [9.17, 15) is 4.79 Å². The van der Waals surface area contributed by atoms with Crippen molar-refractivity contribution < 1.29 is 4.74 Å². The third-order valence-electron chi connectivity index (χ3n) is 2.53. The lowest BCUT2D eigenvalue weighted by Crippen LogP contribution is -2.25. The Morgan fingerprint density at radius 1 is 1.41 bits per heavy atom. The standard InChI is InChI=1S/C11H21IN2O2Si/c1-5-14-11(15)10(12)8-13(14)9-16-6-7-17(2,3)4/h8H,5-7,9H2,1-4H3. The fraction of sp³-hybridized carbons (Fsp3) is 0.727. The highest BCUT2D eigenvalue weighted by molar-refractivity contribution is 14.1. The quantitative estimate of drug-likeness (QED) is 0.440. The molecule has 0 bridgehead atoms. The summed E-state index contributed by atoms with van der Waals surface area (Å²) in [5, 5.41) is 0. The lowest BCUT2D eigenvalue weighted by Gasteiger charge is -2.16. The number of rotatable bonds is 6. The van der Waals surface area contributed by atoms with Gasteiger partial charge >= 0.3 is 0 Å². The molecule has 0 saturated carbocycles. The van der Waals surface area contributed by atoms with E-state index in [-0.39, 0.29) is 5.56 Å². The van der Waals surface area contributed by atoms with Crippen molar-refractivity contribution in [3.63, 3.8) is 0 Å². The zero-order chi connectivity index (χ0) is 13.1. The van der Waals surface area contributed by atoms with E-state index in [2.05, 4.69) is 42.2 Å². The van der Waals surface area contributed by atoms with Gasteiger partial charge in [0.1, 0.15) is 6.73 Å². The van der Waals surface area contributed by atoms with Crippen LogP contribution >= 0.6 is 22.6 Å². The number of hydrogen-bond acceptors (Lipinski definition) is 2. The molecular weight excluding hydrogens is 347 g/mol. The summed E-state index contributed by atoms with van der Waals surface area (Å²) in [5.74, 6) is 0. The Hall–Kier alpha value is -0.0831. The molecule has 0 unspecified atom stereocenters. The first-order valence-electron chi connectivity index (χ1n) is 5.88. The third-order valence-corrected chi connectivity index (χ3v) is 4.97. The summed E-state index contributed by atoms with van der Waals surface area (Å²) in [6, 6.07) is 1.15. The van der Waals surface area contributed by atoms with Crippen LogP contribution in [0.1, 0.15) is 6.92 Å². The Morgan fingerprint density at radius 3 is 2.59 bits per heavy atom. The number of nitrogens with zero attached hydrogens (tertiary/aromatic N) is 2. The first-order valence-corrected chi connectivity index (χ1v) is 10.7. The van der Waals surface area contributed by atoms with Crippen LogP contribution < -0.4 is 5.56 Å². The van der Waals surface area contributed by atoms with E-state index in [0.29, 0.717) is 13.3 Å². The Bertz CT molecular complexity index is 420. The van der Waals surface area contributed by atoms with Crippen LogP contribution in [0.25, 0.3) is 0 Å². The van der Waals surface area contributed by atoms with Gasteiger partial charge in [0.05, 0.1) is 3.57 Å².